The molecule has 0 saturated carbocycles. The number of carbonyl (C=O) groups is 4. The van der Waals surface area contributed by atoms with Gasteiger partial charge in [-0.15, -0.1) is 0 Å². The summed E-state index contributed by atoms with van der Waals surface area (Å²) in [5.74, 6) is 0.256. The second-order valence-corrected chi connectivity index (χ2v) is 32.2. The highest BCUT2D eigenvalue weighted by Gasteiger charge is 2.30. The number of rotatable bonds is 76. The van der Waals surface area contributed by atoms with Crippen LogP contribution in [0.5, 0.6) is 0 Å². The summed E-state index contributed by atoms with van der Waals surface area (Å²) in [6.07, 6.45) is 55.4. The van der Waals surface area contributed by atoms with Crippen LogP contribution in [0.1, 0.15) is 402 Å². The first-order chi connectivity index (χ1) is 46.8. The standard InChI is InChI=1S/C78H152O17P2/c1-8-10-11-12-13-14-30-38-45-52-59-75(80)88-66-74(95-78(83)62-55-48-41-34-33-37-44-51-58-71(7)9-2)68-93-97(86,87)91-64-72(79)63-90-96(84,85)92-67-73(65-89-76(81)60-53-46-39-31-26-22-19-18-21-25-29-36-43-50-57-70(5)6)94-77(82)61-54-47-40-32-27-23-17-15-16-20-24-28-35-42-49-56-69(3)4/h69-74,79H,8-68H2,1-7H3,(H,84,85)(H,86,87)/t71?,72-,73-,74-/m1/s1. The Hall–Kier alpha value is -1.94. The first kappa shape index (κ1) is 95.1. The first-order valence-electron chi connectivity index (χ1n) is 40.4. The molecule has 0 rings (SSSR count). The van der Waals surface area contributed by atoms with E-state index in [0.29, 0.717) is 25.7 Å². The summed E-state index contributed by atoms with van der Waals surface area (Å²) in [6.45, 7) is 12.0. The van der Waals surface area contributed by atoms with Gasteiger partial charge in [0.2, 0.25) is 0 Å². The minimum absolute atomic E-state index is 0.105. The summed E-state index contributed by atoms with van der Waals surface area (Å²) in [6, 6.07) is 0. The molecular weight excluding hydrogens is 1270 g/mol. The predicted molar refractivity (Wildman–Crippen MR) is 395 cm³/mol. The van der Waals surface area contributed by atoms with Crippen molar-refractivity contribution >= 4 is 39.5 Å². The van der Waals surface area contributed by atoms with E-state index in [9.17, 15) is 43.2 Å². The molecule has 6 atom stereocenters. The number of ether oxygens (including phenoxy) is 4. The molecule has 0 aliphatic heterocycles. The van der Waals surface area contributed by atoms with Gasteiger partial charge in [-0.05, 0) is 43.4 Å². The average molecular weight is 1420 g/mol. The Balaban J connectivity index is 5.24. The van der Waals surface area contributed by atoms with Crippen LogP contribution in [-0.4, -0.2) is 96.7 Å². The number of carbonyl (C=O) groups excluding carboxylic acids is 4. The number of aliphatic hydroxyl groups is 1. The molecule has 0 saturated heterocycles. The van der Waals surface area contributed by atoms with Crippen molar-refractivity contribution in [1.29, 1.82) is 0 Å². The van der Waals surface area contributed by atoms with E-state index >= 15 is 0 Å². The highest BCUT2D eigenvalue weighted by Crippen LogP contribution is 2.45. The zero-order chi connectivity index (χ0) is 71.6. The van der Waals surface area contributed by atoms with Gasteiger partial charge in [0.15, 0.2) is 12.2 Å². The van der Waals surface area contributed by atoms with E-state index < -0.39 is 97.5 Å². The number of hydrogen-bond donors (Lipinski definition) is 3. The van der Waals surface area contributed by atoms with Crippen molar-refractivity contribution in [3.63, 3.8) is 0 Å². The molecule has 0 spiro atoms. The topological polar surface area (TPSA) is 237 Å². The van der Waals surface area contributed by atoms with Crippen LogP contribution < -0.4 is 0 Å². The minimum Gasteiger partial charge on any atom is -0.462 e. The van der Waals surface area contributed by atoms with Crippen LogP contribution in [-0.2, 0) is 65.4 Å². The second-order valence-electron chi connectivity index (χ2n) is 29.3. The molecule has 19 heteroatoms. The number of aliphatic hydroxyl groups excluding tert-OH is 1. The maximum Gasteiger partial charge on any atom is 0.472 e. The molecule has 0 aliphatic carbocycles. The van der Waals surface area contributed by atoms with E-state index in [1.807, 2.05) is 0 Å². The van der Waals surface area contributed by atoms with Crippen molar-refractivity contribution in [2.75, 3.05) is 39.6 Å². The lowest BCUT2D eigenvalue weighted by atomic mass is 9.99. The van der Waals surface area contributed by atoms with Gasteiger partial charge in [0, 0.05) is 25.7 Å². The van der Waals surface area contributed by atoms with Crippen LogP contribution in [0.4, 0.5) is 0 Å². The van der Waals surface area contributed by atoms with Crippen molar-refractivity contribution < 1.29 is 80.2 Å². The fourth-order valence-corrected chi connectivity index (χ4v) is 13.5. The van der Waals surface area contributed by atoms with E-state index in [2.05, 4.69) is 48.5 Å². The monoisotopic (exact) mass is 1420 g/mol. The Kier molecular flexibility index (Phi) is 67.1. The maximum absolute atomic E-state index is 13.1. The van der Waals surface area contributed by atoms with Crippen LogP contribution in [0.3, 0.4) is 0 Å². The fourth-order valence-electron chi connectivity index (χ4n) is 11.9. The normalized spacial score (nSPS) is 14.3. The molecule has 3 unspecified atom stereocenters. The van der Waals surface area contributed by atoms with Crippen molar-refractivity contribution in [3.8, 4) is 0 Å². The Bertz CT molecular complexity index is 1890. The van der Waals surface area contributed by atoms with Crippen LogP contribution in [0.2, 0.25) is 0 Å². The third kappa shape index (κ3) is 70.9. The smallest absolute Gasteiger partial charge is 0.462 e. The molecule has 0 aliphatic rings. The fraction of sp³-hybridized carbons (Fsp3) is 0.949. The predicted octanol–water partition coefficient (Wildman–Crippen LogP) is 23.0. The van der Waals surface area contributed by atoms with Crippen molar-refractivity contribution in [2.24, 2.45) is 17.8 Å². The summed E-state index contributed by atoms with van der Waals surface area (Å²) >= 11 is 0. The minimum atomic E-state index is -4.96. The van der Waals surface area contributed by atoms with Gasteiger partial charge in [0.25, 0.3) is 0 Å². The lowest BCUT2D eigenvalue weighted by Crippen LogP contribution is -2.30. The quantitative estimate of drug-likeness (QED) is 0.0222. The summed E-state index contributed by atoms with van der Waals surface area (Å²) in [7, 11) is -9.91. The zero-order valence-corrected chi connectivity index (χ0v) is 65.3. The molecule has 576 valence electrons. The Labute approximate surface area is 594 Å². The van der Waals surface area contributed by atoms with Gasteiger partial charge in [-0.25, -0.2) is 9.13 Å². The van der Waals surface area contributed by atoms with Gasteiger partial charge in [0.1, 0.15) is 19.3 Å². The van der Waals surface area contributed by atoms with Crippen molar-refractivity contribution in [2.45, 2.75) is 420 Å². The van der Waals surface area contributed by atoms with Gasteiger partial charge in [-0.1, -0.05) is 350 Å². The van der Waals surface area contributed by atoms with E-state index in [1.165, 1.54) is 212 Å². The number of phosphoric ester groups is 2. The summed E-state index contributed by atoms with van der Waals surface area (Å²) in [5, 5.41) is 10.6. The molecule has 0 heterocycles. The molecule has 97 heavy (non-hydrogen) atoms. The van der Waals surface area contributed by atoms with Crippen LogP contribution >= 0.6 is 15.6 Å². The van der Waals surface area contributed by atoms with Crippen LogP contribution in [0, 0.1) is 17.8 Å². The number of unbranched alkanes of at least 4 members (excludes halogenated alkanes) is 43. The van der Waals surface area contributed by atoms with E-state index in [1.54, 1.807) is 0 Å². The number of phosphoric acid groups is 2. The summed E-state index contributed by atoms with van der Waals surface area (Å²) in [5.41, 5.74) is 0. The Morgan fingerprint density at radius 2 is 0.526 bits per heavy atom. The molecule has 0 amide bonds. The summed E-state index contributed by atoms with van der Waals surface area (Å²) < 4.78 is 68.6. The maximum atomic E-state index is 13.1. The SMILES string of the molecule is CCCCCCCCCCCCC(=O)OC[C@H](COP(=O)(O)OC[C@H](O)COP(=O)(O)OC[C@@H](COC(=O)CCCCCCCCCCCCCCCCC(C)C)OC(=O)CCCCCCCCCCCCCCCCCC(C)C)OC(=O)CCCCCCCCCCC(C)CC. The van der Waals surface area contributed by atoms with Gasteiger partial charge in [-0.3, -0.25) is 37.3 Å². The van der Waals surface area contributed by atoms with Gasteiger partial charge < -0.3 is 33.8 Å². The Morgan fingerprint density at radius 3 is 0.784 bits per heavy atom. The third-order valence-electron chi connectivity index (χ3n) is 18.5. The van der Waals surface area contributed by atoms with Crippen molar-refractivity contribution in [3.05, 3.63) is 0 Å². The Morgan fingerprint density at radius 1 is 0.299 bits per heavy atom. The van der Waals surface area contributed by atoms with Crippen LogP contribution in [0.15, 0.2) is 0 Å². The van der Waals surface area contributed by atoms with Gasteiger partial charge in [-0.2, -0.15) is 0 Å². The van der Waals surface area contributed by atoms with E-state index in [-0.39, 0.29) is 25.7 Å². The number of hydrogen-bond acceptors (Lipinski definition) is 15. The van der Waals surface area contributed by atoms with E-state index in [0.717, 1.165) is 108 Å². The second kappa shape index (κ2) is 68.5. The first-order valence-corrected chi connectivity index (χ1v) is 43.4. The summed E-state index contributed by atoms with van der Waals surface area (Å²) in [4.78, 5) is 72.9. The lowest BCUT2D eigenvalue weighted by molar-refractivity contribution is -0.161. The molecule has 0 bridgehead atoms. The highest BCUT2D eigenvalue weighted by atomic mass is 31.2. The van der Waals surface area contributed by atoms with Crippen LogP contribution in [0.25, 0.3) is 0 Å². The molecule has 0 aromatic rings. The molecule has 0 aromatic carbocycles. The van der Waals surface area contributed by atoms with Gasteiger partial charge in [0.05, 0.1) is 26.4 Å². The molecule has 0 aromatic heterocycles. The zero-order valence-electron chi connectivity index (χ0n) is 63.5. The lowest BCUT2D eigenvalue weighted by Gasteiger charge is -2.21. The molecule has 0 radical (unpaired) electrons. The third-order valence-corrected chi connectivity index (χ3v) is 20.4. The van der Waals surface area contributed by atoms with E-state index in [4.69, 9.17) is 37.0 Å². The number of esters is 4. The van der Waals surface area contributed by atoms with Gasteiger partial charge >= 0.3 is 39.5 Å². The largest absolute Gasteiger partial charge is 0.472 e. The highest BCUT2D eigenvalue weighted by molar-refractivity contribution is 7.47. The average Bonchev–Trinajstić information content (AvgIpc) is 2.23. The molecule has 17 nitrogen and oxygen atoms in total. The molecular formula is C78H152O17P2. The van der Waals surface area contributed by atoms with Crippen molar-refractivity contribution in [1.82, 2.24) is 0 Å². The molecule has 0 fully saturated rings. The molecule has 3 N–H and O–H groups in total.